The van der Waals surface area contributed by atoms with Gasteiger partial charge < -0.3 is 14.6 Å². The van der Waals surface area contributed by atoms with E-state index >= 15 is 0 Å². The third-order valence-corrected chi connectivity index (χ3v) is 3.44. The van der Waals surface area contributed by atoms with Crippen LogP contribution in [0.25, 0.3) is 6.20 Å². The quantitative estimate of drug-likeness (QED) is 0.765. The molecule has 0 fully saturated rings. The van der Waals surface area contributed by atoms with Crippen molar-refractivity contribution in [2.24, 2.45) is 4.99 Å². The van der Waals surface area contributed by atoms with Crippen molar-refractivity contribution in [3.05, 3.63) is 72.6 Å². The van der Waals surface area contributed by atoms with Crippen LogP contribution < -0.4 is 15.5 Å². The normalized spacial score (nSPS) is 11.2. The van der Waals surface area contributed by atoms with E-state index in [4.69, 9.17) is 4.74 Å². The van der Waals surface area contributed by atoms with Crippen molar-refractivity contribution in [1.82, 2.24) is 14.5 Å². The average Bonchev–Trinajstić information content (AvgIpc) is 2.62. The fourth-order valence-electron chi connectivity index (χ4n) is 2.32. The van der Waals surface area contributed by atoms with Gasteiger partial charge in [0.05, 0.1) is 0 Å². The Bertz CT molecular complexity index is 954. The molecule has 6 heteroatoms. The molecule has 2 heterocycles. The number of nitrogens with one attached hydrogen (secondary N) is 1. The fraction of sp³-hybridized carbons (Fsp3) is 0.105. The molecule has 1 N–H and O–H groups in total. The molecule has 0 unspecified atom stereocenters. The Hall–Kier alpha value is -3.41. The fourth-order valence-corrected chi connectivity index (χ4v) is 2.32. The topological polar surface area (TPSA) is 64.3 Å². The number of hydrogen-bond donors (Lipinski definition) is 1. The Morgan fingerprint density at radius 3 is 2.72 bits per heavy atom. The van der Waals surface area contributed by atoms with Crippen molar-refractivity contribution in [1.29, 1.82) is 0 Å². The van der Waals surface area contributed by atoms with Gasteiger partial charge in [-0.25, -0.2) is 4.98 Å². The summed E-state index contributed by atoms with van der Waals surface area (Å²) in [4.78, 5) is 13.0. The SMILES string of the molecule is C=Cn1ccc(Nc2cc(Oc3ccccc3)nc(C)n2)cc1=NC.[HH]. The summed E-state index contributed by atoms with van der Waals surface area (Å²) in [5.74, 6) is 2.48. The number of aryl methyl sites for hydroxylation is 1. The van der Waals surface area contributed by atoms with Gasteiger partial charge in [0, 0.05) is 38.7 Å². The zero-order valence-corrected chi connectivity index (χ0v) is 14.2. The highest BCUT2D eigenvalue weighted by Crippen LogP contribution is 2.22. The second kappa shape index (κ2) is 7.44. The monoisotopic (exact) mass is 335 g/mol. The number of hydrogen-bond acceptors (Lipinski definition) is 5. The minimum atomic E-state index is 0. The van der Waals surface area contributed by atoms with Crippen molar-refractivity contribution in [2.45, 2.75) is 6.92 Å². The first-order valence-electron chi connectivity index (χ1n) is 7.81. The molecular weight excluding hydrogens is 314 g/mol. The minimum Gasteiger partial charge on any atom is -0.439 e. The molecule has 3 aromatic rings. The highest BCUT2D eigenvalue weighted by molar-refractivity contribution is 5.56. The van der Waals surface area contributed by atoms with E-state index in [1.165, 1.54) is 0 Å². The van der Waals surface area contributed by atoms with Crippen LogP contribution in [0.5, 0.6) is 11.6 Å². The second-order valence-corrected chi connectivity index (χ2v) is 5.27. The summed E-state index contributed by atoms with van der Waals surface area (Å²) in [5.41, 5.74) is 1.65. The third-order valence-electron chi connectivity index (χ3n) is 3.44. The highest BCUT2D eigenvalue weighted by Gasteiger charge is 2.05. The molecule has 25 heavy (non-hydrogen) atoms. The van der Waals surface area contributed by atoms with Crippen LogP contribution in [0.1, 0.15) is 7.25 Å². The van der Waals surface area contributed by atoms with Crippen LogP contribution in [0.15, 0.2) is 66.3 Å². The average molecular weight is 335 g/mol. The number of benzene rings is 1. The summed E-state index contributed by atoms with van der Waals surface area (Å²) in [7, 11) is 1.74. The van der Waals surface area contributed by atoms with Crippen LogP contribution in [0, 0.1) is 6.92 Å². The molecule has 0 aliphatic carbocycles. The van der Waals surface area contributed by atoms with Gasteiger partial charge in [0.15, 0.2) is 0 Å². The van der Waals surface area contributed by atoms with Crippen molar-refractivity contribution in [3.8, 4) is 11.6 Å². The zero-order valence-electron chi connectivity index (χ0n) is 14.2. The number of pyridine rings is 1. The molecule has 0 saturated heterocycles. The van der Waals surface area contributed by atoms with E-state index in [1.54, 1.807) is 19.3 Å². The summed E-state index contributed by atoms with van der Waals surface area (Å²) in [6.07, 6.45) is 3.58. The molecule has 0 aliphatic heterocycles. The van der Waals surface area contributed by atoms with Crippen LogP contribution >= 0.6 is 0 Å². The Balaban J connectivity index is 0.00000243. The molecule has 0 atom stereocenters. The van der Waals surface area contributed by atoms with Crippen LogP contribution in [-0.4, -0.2) is 21.6 Å². The van der Waals surface area contributed by atoms with Crippen LogP contribution in [-0.2, 0) is 0 Å². The summed E-state index contributed by atoms with van der Waals surface area (Å²) in [6.45, 7) is 5.59. The number of ether oxygens (including phenoxy) is 1. The molecule has 128 valence electrons. The maximum atomic E-state index is 5.79. The van der Waals surface area contributed by atoms with Crippen molar-refractivity contribution in [2.75, 3.05) is 12.4 Å². The maximum Gasteiger partial charge on any atom is 0.224 e. The molecule has 0 aliphatic rings. The predicted molar refractivity (Wildman–Crippen MR) is 101 cm³/mol. The standard InChI is InChI=1S/C19H19N5O.H2/c1-4-24-11-10-15(12-18(24)20-3)23-17-13-19(22-14(2)21-17)25-16-8-6-5-7-9-16;/h4-13H,1H2,2-3H3,(H,21,22,23);1H. The molecule has 1 aromatic carbocycles. The first-order chi connectivity index (χ1) is 12.2. The van der Waals surface area contributed by atoms with Crippen molar-refractivity contribution >= 4 is 17.7 Å². The van der Waals surface area contributed by atoms with Gasteiger partial charge in [-0.3, -0.25) is 4.99 Å². The van der Waals surface area contributed by atoms with Gasteiger partial charge in [-0.1, -0.05) is 24.8 Å². The van der Waals surface area contributed by atoms with E-state index in [-0.39, 0.29) is 1.43 Å². The van der Waals surface area contributed by atoms with Gasteiger partial charge in [-0.05, 0) is 25.1 Å². The lowest BCUT2D eigenvalue weighted by Crippen LogP contribution is -2.15. The zero-order chi connectivity index (χ0) is 17.6. The van der Waals surface area contributed by atoms with E-state index in [1.807, 2.05) is 60.2 Å². The second-order valence-electron chi connectivity index (χ2n) is 5.27. The van der Waals surface area contributed by atoms with Crippen LogP contribution in [0.4, 0.5) is 11.5 Å². The molecule has 6 nitrogen and oxygen atoms in total. The Morgan fingerprint density at radius 2 is 2.00 bits per heavy atom. The van der Waals surface area contributed by atoms with E-state index in [0.717, 1.165) is 16.9 Å². The van der Waals surface area contributed by atoms with Gasteiger partial charge in [-0.15, -0.1) is 0 Å². The van der Waals surface area contributed by atoms with Crippen LogP contribution in [0.3, 0.4) is 0 Å². The number of para-hydroxylation sites is 1. The van der Waals surface area contributed by atoms with Crippen molar-refractivity contribution in [3.63, 3.8) is 0 Å². The Labute approximate surface area is 147 Å². The molecule has 3 rings (SSSR count). The molecule has 0 amide bonds. The maximum absolute atomic E-state index is 5.79. The number of aromatic nitrogens is 3. The molecule has 0 spiro atoms. The smallest absolute Gasteiger partial charge is 0.224 e. The van der Waals surface area contributed by atoms with E-state index in [2.05, 4.69) is 26.9 Å². The summed E-state index contributed by atoms with van der Waals surface area (Å²) >= 11 is 0. The number of anilines is 2. The Kier molecular flexibility index (Phi) is 4.89. The Morgan fingerprint density at radius 1 is 1.20 bits per heavy atom. The molecule has 0 bridgehead atoms. The third kappa shape index (κ3) is 4.11. The van der Waals surface area contributed by atoms with E-state index < -0.39 is 0 Å². The molecular formula is C19H21N5O. The van der Waals surface area contributed by atoms with Gasteiger partial charge in [0.1, 0.15) is 22.9 Å². The first-order valence-corrected chi connectivity index (χ1v) is 7.81. The molecule has 2 aromatic heterocycles. The summed E-state index contributed by atoms with van der Waals surface area (Å²) in [6, 6.07) is 15.1. The van der Waals surface area contributed by atoms with E-state index in [9.17, 15) is 0 Å². The molecule has 0 radical (unpaired) electrons. The van der Waals surface area contributed by atoms with Gasteiger partial charge >= 0.3 is 0 Å². The van der Waals surface area contributed by atoms with Gasteiger partial charge in [0.2, 0.25) is 5.88 Å². The first kappa shape index (κ1) is 16.4. The highest BCUT2D eigenvalue weighted by atomic mass is 16.5. The lowest BCUT2D eigenvalue weighted by atomic mass is 10.3. The lowest BCUT2D eigenvalue weighted by molar-refractivity contribution is 0.460. The van der Waals surface area contributed by atoms with Crippen LogP contribution in [0.2, 0.25) is 0 Å². The number of rotatable bonds is 5. The van der Waals surface area contributed by atoms with Gasteiger partial charge in [0.25, 0.3) is 0 Å². The van der Waals surface area contributed by atoms with Gasteiger partial charge in [-0.2, -0.15) is 4.98 Å². The molecule has 0 saturated carbocycles. The summed E-state index contributed by atoms with van der Waals surface area (Å²) in [5, 5.41) is 3.26. The lowest BCUT2D eigenvalue weighted by Gasteiger charge is -2.10. The van der Waals surface area contributed by atoms with E-state index in [0.29, 0.717) is 17.5 Å². The van der Waals surface area contributed by atoms with Crippen molar-refractivity contribution < 1.29 is 6.16 Å². The number of nitrogens with zero attached hydrogens (tertiary/aromatic N) is 4. The largest absolute Gasteiger partial charge is 0.439 e. The predicted octanol–water partition coefficient (Wildman–Crippen LogP) is 4.00. The summed E-state index contributed by atoms with van der Waals surface area (Å²) < 4.78 is 7.63. The minimum absolute atomic E-state index is 0.